The van der Waals surface area contributed by atoms with Crippen LogP contribution in [0.25, 0.3) is 28.2 Å². The van der Waals surface area contributed by atoms with Crippen LogP contribution in [0, 0.1) is 3.57 Å². The number of nitrogen functional groups attached to an aromatic ring is 1. The standard InChI is InChI=1S/C27H23IN6O3/c1-16(30-2)33-34-27(36)19-7-5-18(6-8-19)20-11-21-12-22(37-26(21)23(28)13-20)15-32-25(35)10-4-17-3-9-24(29)31-14-17/h3-14,33H,1-2,15H2,(H2,29,31)(H,32,35)(H,34,36)/b10-4+. The molecule has 4 aromatic rings. The van der Waals surface area contributed by atoms with Gasteiger partial charge in [-0.2, -0.15) is 0 Å². The zero-order valence-electron chi connectivity index (χ0n) is 19.6. The molecule has 37 heavy (non-hydrogen) atoms. The monoisotopic (exact) mass is 606 g/mol. The van der Waals surface area contributed by atoms with E-state index in [2.05, 4.69) is 62.0 Å². The molecule has 186 valence electrons. The number of amides is 2. The molecule has 0 aliphatic heterocycles. The quantitative estimate of drug-likeness (QED) is 0.0965. The van der Waals surface area contributed by atoms with Gasteiger partial charge in [0.1, 0.15) is 23.0 Å². The SMILES string of the molecule is C=NC(=C)NNC(=O)c1ccc(-c2cc(I)c3oc(CNC(=O)/C=C/c4ccc(N)nc4)cc3c2)cc1. The first-order valence-electron chi connectivity index (χ1n) is 11.0. The first kappa shape index (κ1) is 25.6. The molecule has 0 saturated heterocycles. The zero-order chi connectivity index (χ0) is 26.4. The number of benzene rings is 2. The second-order valence-electron chi connectivity index (χ2n) is 7.92. The lowest BCUT2D eigenvalue weighted by Gasteiger charge is -2.08. The van der Waals surface area contributed by atoms with E-state index in [1.165, 1.54) is 6.08 Å². The molecule has 0 fully saturated rings. The Balaban J connectivity index is 1.42. The number of anilines is 1. The Morgan fingerprint density at radius 1 is 1.08 bits per heavy atom. The predicted molar refractivity (Wildman–Crippen MR) is 153 cm³/mol. The third-order valence-corrected chi connectivity index (χ3v) is 6.09. The molecule has 4 rings (SSSR count). The summed E-state index contributed by atoms with van der Waals surface area (Å²) < 4.78 is 6.90. The summed E-state index contributed by atoms with van der Waals surface area (Å²) in [4.78, 5) is 32.0. The number of hydrogen-bond donors (Lipinski definition) is 4. The fourth-order valence-corrected chi connectivity index (χ4v) is 4.15. The summed E-state index contributed by atoms with van der Waals surface area (Å²) in [6.45, 7) is 7.15. The van der Waals surface area contributed by atoms with Gasteiger partial charge in [0.2, 0.25) is 5.91 Å². The lowest BCUT2D eigenvalue weighted by molar-refractivity contribution is -0.116. The maximum absolute atomic E-state index is 12.2. The van der Waals surface area contributed by atoms with E-state index in [-0.39, 0.29) is 24.2 Å². The Kier molecular flexibility index (Phi) is 7.98. The van der Waals surface area contributed by atoms with E-state index in [4.69, 9.17) is 10.2 Å². The fourth-order valence-electron chi connectivity index (χ4n) is 3.39. The topological polar surface area (TPSA) is 135 Å². The first-order valence-corrected chi connectivity index (χ1v) is 12.1. The summed E-state index contributed by atoms with van der Waals surface area (Å²) in [5.41, 5.74) is 14.6. The Labute approximate surface area is 226 Å². The normalized spacial score (nSPS) is 10.8. The highest BCUT2D eigenvalue weighted by Crippen LogP contribution is 2.31. The molecule has 0 spiro atoms. The van der Waals surface area contributed by atoms with Crippen LogP contribution in [0.15, 0.2) is 88.7 Å². The number of hydrazine groups is 1. The van der Waals surface area contributed by atoms with E-state index in [1.807, 2.05) is 30.3 Å². The number of aliphatic imine (C=N–C) groups is 1. The maximum Gasteiger partial charge on any atom is 0.269 e. The van der Waals surface area contributed by atoms with E-state index in [9.17, 15) is 9.59 Å². The van der Waals surface area contributed by atoms with Crippen LogP contribution in [0.1, 0.15) is 21.7 Å². The van der Waals surface area contributed by atoms with Crippen LogP contribution >= 0.6 is 22.6 Å². The molecule has 10 heteroatoms. The average molecular weight is 606 g/mol. The molecule has 0 atom stereocenters. The van der Waals surface area contributed by atoms with Crippen LogP contribution in [0.4, 0.5) is 5.82 Å². The van der Waals surface area contributed by atoms with Gasteiger partial charge in [-0.25, -0.2) is 9.98 Å². The van der Waals surface area contributed by atoms with Gasteiger partial charge in [-0.15, -0.1) is 0 Å². The number of aromatic nitrogens is 1. The van der Waals surface area contributed by atoms with Gasteiger partial charge in [0.25, 0.3) is 5.91 Å². The van der Waals surface area contributed by atoms with Gasteiger partial charge in [0.05, 0.1) is 10.1 Å². The molecule has 2 aromatic carbocycles. The van der Waals surface area contributed by atoms with Gasteiger partial charge < -0.3 is 15.5 Å². The van der Waals surface area contributed by atoms with Gasteiger partial charge in [-0.05, 0) is 94.5 Å². The third-order valence-electron chi connectivity index (χ3n) is 5.29. The van der Waals surface area contributed by atoms with Crippen molar-refractivity contribution in [1.82, 2.24) is 21.2 Å². The minimum Gasteiger partial charge on any atom is -0.458 e. The molecule has 2 heterocycles. The molecule has 0 aliphatic carbocycles. The zero-order valence-corrected chi connectivity index (χ0v) is 21.8. The van der Waals surface area contributed by atoms with Gasteiger partial charge in [0.15, 0.2) is 0 Å². The van der Waals surface area contributed by atoms with E-state index in [1.54, 1.807) is 36.5 Å². The fraction of sp³-hybridized carbons (Fsp3) is 0.0370. The van der Waals surface area contributed by atoms with Crippen LogP contribution in [0.5, 0.6) is 0 Å². The molecule has 0 bridgehead atoms. The maximum atomic E-state index is 12.2. The Bertz CT molecular complexity index is 1510. The number of carbonyl (C=O) groups is 2. The molecule has 2 amide bonds. The Morgan fingerprint density at radius 3 is 2.57 bits per heavy atom. The lowest BCUT2D eigenvalue weighted by atomic mass is 10.0. The summed E-state index contributed by atoms with van der Waals surface area (Å²) in [7, 11) is 0. The average Bonchev–Trinajstić information content (AvgIpc) is 3.34. The number of carbonyl (C=O) groups excluding carboxylic acids is 2. The van der Waals surface area contributed by atoms with Crippen LogP contribution in [-0.4, -0.2) is 23.5 Å². The second-order valence-corrected chi connectivity index (χ2v) is 9.08. The number of nitrogens with zero attached hydrogens (tertiary/aromatic N) is 2. The Hall–Kier alpha value is -4.45. The van der Waals surface area contributed by atoms with Crippen molar-refractivity contribution in [2.45, 2.75) is 6.54 Å². The number of halogens is 1. The van der Waals surface area contributed by atoms with Crippen molar-refractivity contribution in [2.24, 2.45) is 4.99 Å². The molecule has 9 nitrogen and oxygen atoms in total. The summed E-state index contributed by atoms with van der Waals surface area (Å²) in [6, 6.07) is 16.6. The van der Waals surface area contributed by atoms with Gasteiger partial charge in [-0.3, -0.25) is 20.4 Å². The number of nitrogens with one attached hydrogen (secondary N) is 3. The highest BCUT2D eigenvalue weighted by Gasteiger charge is 2.12. The highest BCUT2D eigenvalue weighted by molar-refractivity contribution is 14.1. The van der Waals surface area contributed by atoms with E-state index < -0.39 is 0 Å². The van der Waals surface area contributed by atoms with Crippen LogP contribution in [0.3, 0.4) is 0 Å². The molecule has 0 saturated carbocycles. The minimum atomic E-state index is -0.317. The minimum absolute atomic E-state index is 0.245. The molecule has 0 aliphatic rings. The van der Waals surface area contributed by atoms with E-state index in [0.717, 1.165) is 31.2 Å². The molecule has 5 N–H and O–H groups in total. The third kappa shape index (κ3) is 6.61. The second kappa shape index (κ2) is 11.5. The Morgan fingerprint density at radius 2 is 1.86 bits per heavy atom. The number of fused-ring (bicyclic) bond motifs is 1. The van der Waals surface area contributed by atoms with Crippen LogP contribution < -0.4 is 21.9 Å². The molecular weight excluding hydrogens is 583 g/mol. The van der Waals surface area contributed by atoms with Crippen molar-refractivity contribution in [3.63, 3.8) is 0 Å². The number of pyridine rings is 1. The van der Waals surface area contributed by atoms with Crippen molar-refractivity contribution in [1.29, 1.82) is 0 Å². The summed E-state index contributed by atoms with van der Waals surface area (Å²) in [5, 5.41) is 3.73. The van der Waals surface area contributed by atoms with Crippen molar-refractivity contribution in [2.75, 3.05) is 5.73 Å². The van der Waals surface area contributed by atoms with Crippen molar-refractivity contribution in [3.8, 4) is 11.1 Å². The highest BCUT2D eigenvalue weighted by atomic mass is 127. The number of nitrogens with two attached hydrogens (primary N) is 1. The van der Waals surface area contributed by atoms with Crippen LogP contribution in [-0.2, 0) is 11.3 Å². The van der Waals surface area contributed by atoms with Crippen molar-refractivity contribution in [3.05, 3.63) is 99.7 Å². The van der Waals surface area contributed by atoms with Gasteiger partial charge in [0, 0.05) is 23.2 Å². The van der Waals surface area contributed by atoms with Crippen molar-refractivity contribution < 1.29 is 14.0 Å². The summed E-state index contributed by atoms with van der Waals surface area (Å²) in [5.74, 6) is 0.737. The molecular formula is C27H23IN6O3. The molecule has 0 radical (unpaired) electrons. The predicted octanol–water partition coefficient (Wildman–Crippen LogP) is 4.42. The molecule has 0 unspecified atom stereocenters. The smallest absolute Gasteiger partial charge is 0.269 e. The lowest BCUT2D eigenvalue weighted by Crippen LogP contribution is -2.35. The van der Waals surface area contributed by atoms with E-state index >= 15 is 0 Å². The van der Waals surface area contributed by atoms with Gasteiger partial charge in [-0.1, -0.05) is 18.7 Å². The van der Waals surface area contributed by atoms with E-state index in [0.29, 0.717) is 17.1 Å². The van der Waals surface area contributed by atoms with Crippen LogP contribution in [0.2, 0.25) is 0 Å². The number of rotatable bonds is 9. The first-order chi connectivity index (χ1) is 17.8. The largest absolute Gasteiger partial charge is 0.458 e. The number of hydrogen-bond acceptors (Lipinski definition) is 7. The summed E-state index contributed by atoms with van der Waals surface area (Å²) >= 11 is 2.22. The summed E-state index contributed by atoms with van der Waals surface area (Å²) in [6.07, 6.45) is 4.69. The number of furan rings is 1. The van der Waals surface area contributed by atoms with Crippen molar-refractivity contribution >= 4 is 64.0 Å². The van der Waals surface area contributed by atoms with Gasteiger partial charge >= 0.3 is 0 Å². The molecule has 2 aromatic heterocycles.